The van der Waals surface area contributed by atoms with Gasteiger partial charge in [-0.2, -0.15) is 0 Å². The Morgan fingerprint density at radius 2 is 2.07 bits per heavy atom. The highest BCUT2D eigenvalue weighted by Crippen LogP contribution is 2.18. The highest BCUT2D eigenvalue weighted by Gasteiger charge is 2.06. The number of ketones is 1. The van der Waals surface area contributed by atoms with Gasteiger partial charge in [0.1, 0.15) is 0 Å². The third-order valence-electron chi connectivity index (χ3n) is 2.28. The fraction of sp³-hybridized carbons (Fsp3) is 0.417. The second-order valence-corrected chi connectivity index (χ2v) is 4.32. The molecule has 1 rings (SSSR count). The summed E-state index contributed by atoms with van der Waals surface area (Å²) in [7, 11) is 0. The summed E-state index contributed by atoms with van der Waals surface area (Å²) < 4.78 is 0. The van der Waals surface area contributed by atoms with Crippen LogP contribution in [0.15, 0.2) is 18.2 Å². The molecule has 0 atom stereocenters. The van der Waals surface area contributed by atoms with Gasteiger partial charge in [-0.15, -0.1) is 11.6 Å². The number of Topliss-reactive ketones (excluding diaryl/α,β-unsaturated/α-hetero) is 1. The van der Waals surface area contributed by atoms with Gasteiger partial charge >= 0.3 is 0 Å². The van der Waals surface area contributed by atoms with Gasteiger partial charge in [0.15, 0.2) is 5.78 Å². The zero-order valence-corrected chi connectivity index (χ0v) is 10.2. The predicted molar refractivity (Wildman–Crippen MR) is 65.1 cm³/mol. The number of hydrogen-bond acceptors (Lipinski definition) is 1. The first-order valence-corrected chi connectivity index (χ1v) is 5.91. The van der Waals surface area contributed by atoms with E-state index in [9.17, 15) is 4.79 Å². The molecule has 0 bridgehead atoms. The summed E-state index contributed by atoms with van der Waals surface area (Å²) in [6.07, 6.45) is 2.27. The van der Waals surface area contributed by atoms with E-state index in [1.807, 2.05) is 19.1 Å². The minimum absolute atomic E-state index is 0.141. The molecule has 0 N–H and O–H groups in total. The van der Waals surface area contributed by atoms with Crippen molar-refractivity contribution in [3.63, 3.8) is 0 Å². The van der Waals surface area contributed by atoms with Crippen LogP contribution in [0.3, 0.4) is 0 Å². The summed E-state index contributed by atoms with van der Waals surface area (Å²) in [4.78, 5) is 11.7. The Bertz CT molecular complexity index is 347. The summed E-state index contributed by atoms with van der Waals surface area (Å²) in [5, 5.41) is 0.651. The lowest BCUT2D eigenvalue weighted by Gasteiger charge is -2.02. The van der Waals surface area contributed by atoms with Crippen molar-refractivity contribution in [2.75, 3.05) is 5.88 Å². The molecule has 0 amide bonds. The summed E-state index contributed by atoms with van der Waals surface area (Å²) in [6.45, 7) is 1.92. The van der Waals surface area contributed by atoms with E-state index in [0.29, 0.717) is 22.9 Å². The maximum atomic E-state index is 11.7. The molecule has 0 saturated carbocycles. The minimum atomic E-state index is 0.141. The molecule has 1 nitrogen and oxygen atoms in total. The van der Waals surface area contributed by atoms with Crippen LogP contribution in [0.4, 0.5) is 0 Å². The second-order valence-electron chi connectivity index (χ2n) is 3.53. The number of hydrogen-bond donors (Lipinski definition) is 0. The largest absolute Gasteiger partial charge is 0.294 e. The molecule has 1 aromatic carbocycles. The summed E-state index contributed by atoms with van der Waals surface area (Å²) in [5.41, 5.74) is 1.69. The van der Waals surface area contributed by atoms with Crippen LogP contribution in [0.5, 0.6) is 0 Å². The van der Waals surface area contributed by atoms with Gasteiger partial charge in [-0.1, -0.05) is 23.7 Å². The molecule has 0 heterocycles. The minimum Gasteiger partial charge on any atom is -0.294 e. The first-order valence-electron chi connectivity index (χ1n) is 5.00. The van der Waals surface area contributed by atoms with Crippen LogP contribution in [0, 0.1) is 6.92 Å². The predicted octanol–water partition coefficient (Wildman–Crippen LogP) is 4.24. The molecule has 0 aliphatic carbocycles. The second kappa shape index (κ2) is 6.14. The van der Waals surface area contributed by atoms with Crippen LogP contribution in [0.1, 0.15) is 35.2 Å². The van der Waals surface area contributed by atoms with E-state index in [2.05, 4.69) is 0 Å². The fourth-order valence-electron chi connectivity index (χ4n) is 1.29. The van der Waals surface area contributed by atoms with E-state index >= 15 is 0 Å². The van der Waals surface area contributed by atoms with Gasteiger partial charge < -0.3 is 0 Å². The molecule has 82 valence electrons. The van der Waals surface area contributed by atoms with E-state index in [1.54, 1.807) is 6.07 Å². The number of carbonyl (C=O) groups excluding carboxylic acids is 1. The summed E-state index contributed by atoms with van der Waals surface area (Å²) in [6, 6.07) is 5.43. The van der Waals surface area contributed by atoms with E-state index in [0.717, 1.165) is 18.4 Å². The highest BCUT2D eigenvalue weighted by molar-refractivity contribution is 6.31. The lowest BCUT2D eigenvalue weighted by Crippen LogP contribution is -1.99. The van der Waals surface area contributed by atoms with Crippen molar-refractivity contribution in [3.05, 3.63) is 34.3 Å². The zero-order chi connectivity index (χ0) is 11.3. The number of halogens is 2. The number of unbranched alkanes of at least 4 members (excludes halogenated alkanes) is 1. The molecule has 0 aliphatic heterocycles. The standard InChI is InChI=1S/C12H14Cl2O/c1-9-5-6-10(8-11(9)14)12(15)4-2-3-7-13/h5-6,8H,2-4,7H2,1H3. The smallest absolute Gasteiger partial charge is 0.162 e. The number of aryl methyl sites for hydroxylation is 1. The molecule has 15 heavy (non-hydrogen) atoms. The molecule has 0 fully saturated rings. The maximum absolute atomic E-state index is 11.7. The van der Waals surface area contributed by atoms with Gasteiger partial charge in [-0.05, 0) is 31.4 Å². The van der Waals surface area contributed by atoms with Crippen molar-refractivity contribution in [1.82, 2.24) is 0 Å². The summed E-state index contributed by atoms with van der Waals surface area (Å²) >= 11 is 11.5. The van der Waals surface area contributed by atoms with Crippen molar-refractivity contribution >= 4 is 29.0 Å². The normalized spacial score (nSPS) is 10.3. The van der Waals surface area contributed by atoms with Crippen molar-refractivity contribution < 1.29 is 4.79 Å². The third kappa shape index (κ3) is 3.84. The SMILES string of the molecule is Cc1ccc(C(=O)CCCCCl)cc1Cl. The first kappa shape index (κ1) is 12.5. The van der Waals surface area contributed by atoms with Crippen LogP contribution in [0.25, 0.3) is 0 Å². The lowest BCUT2D eigenvalue weighted by atomic mass is 10.0. The summed E-state index contributed by atoms with van der Waals surface area (Å²) in [5.74, 6) is 0.754. The Morgan fingerprint density at radius 3 is 2.67 bits per heavy atom. The van der Waals surface area contributed by atoms with E-state index in [4.69, 9.17) is 23.2 Å². The van der Waals surface area contributed by atoms with Crippen LogP contribution >= 0.6 is 23.2 Å². The Morgan fingerprint density at radius 1 is 1.33 bits per heavy atom. The van der Waals surface area contributed by atoms with Crippen molar-refractivity contribution in [2.24, 2.45) is 0 Å². The van der Waals surface area contributed by atoms with E-state index < -0.39 is 0 Å². The molecular formula is C12H14Cl2O. The number of rotatable bonds is 5. The quantitative estimate of drug-likeness (QED) is 0.430. The fourth-order valence-corrected chi connectivity index (χ4v) is 1.66. The van der Waals surface area contributed by atoms with Crippen LogP contribution in [-0.4, -0.2) is 11.7 Å². The first-order chi connectivity index (χ1) is 7.15. The molecule has 1 aromatic rings. The Balaban J connectivity index is 2.62. The van der Waals surface area contributed by atoms with Gasteiger partial charge in [0.05, 0.1) is 0 Å². The van der Waals surface area contributed by atoms with Crippen LogP contribution in [-0.2, 0) is 0 Å². The molecule has 0 unspecified atom stereocenters. The Hall–Kier alpha value is -0.530. The Kier molecular flexibility index (Phi) is 5.13. The molecule has 0 spiro atoms. The highest BCUT2D eigenvalue weighted by atomic mass is 35.5. The molecule has 0 aromatic heterocycles. The van der Waals surface area contributed by atoms with Gasteiger partial charge in [0, 0.05) is 22.9 Å². The van der Waals surface area contributed by atoms with Crippen LogP contribution in [0.2, 0.25) is 5.02 Å². The van der Waals surface area contributed by atoms with Gasteiger partial charge in [-0.3, -0.25) is 4.79 Å². The van der Waals surface area contributed by atoms with Crippen LogP contribution < -0.4 is 0 Å². The van der Waals surface area contributed by atoms with Crippen molar-refractivity contribution in [2.45, 2.75) is 26.2 Å². The molecule has 0 aliphatic rings. The van der Waals surface area contributed by atoms with Gasteiger partial charge in [-0.25, -0.2) is 0 Å². The monoisotopic (exact) mass is 244 g/mol. The Labute approximate surface area is 100 Å². The zero-order valence-electron chi connectivity index (χ0n) is 8.72. The van der Waals surface area contributed by atoms with Gasteiger partial charge in [0.25, 0.3) is 0 Å². The molecule has 0 saturated heterocycles. The van der Waals surface area contributed by atoms with E-state index in [1.165, 1.54) is 0 Å². The van der Waals surface area contributed by atoms with Crippen molar-refractivity contribution in [1.29, 1.82) is 0 Å². The lowest BCUT2D eigenvalue weighted by molar-refractivity contribution is 0.0980. The third-order valence-corrected chi connectivity index (χ3v) is 2.96. The maximum Gasteiger partial charge on any atom is 0.162 e. The number of alkyl halides is 1. The topological polar surface area (TPSA) is 17.1 Å². The average Bonchev–Trinajstić information content (AvgIpc) is 2.22. The molecule has 0 radical (unpaired) electrons. The van der Waals surface area contributed by atoms with Gasteiger partial charge in [0.2, 0.25) is 0 Å². The number of benzene rings is 1. The molecule has 3 heteroatoms. The van der Waals surface area contributed by atoms with E-state index in [-0.39, 0.29) is 5.78 Å². The average molecular weight is 245 g/mol. The van der Waals surface area contributed by atoms with Crippen molar-refractivity contribution in [3.8, 4) is 0 Å². The number of carbonyl (C=O) groups is 1. The molecular weight excluding hydrogens is 231 g/mol.